The van der Waals surface area contributed by atoms with E-state index in [1.54, 1.807) is 19.9 Å². The van der Waals surface area contributed by atoms with Gasteiger partial charge in [-0.3, -0.25) is 0 Å². The highest BCUT2D eigenvalue weighted by molar-refractivity contribution is 5.48. The van der Waals surface area contributed by atoms with Crippen LogP contribution in [0.1, 0.15) is 24.1 Å². The van der Waals surface area contributed by atoms with Gasteiger partial charge in [0.1, 0.15) is 5.82 Å². The van der Waals surface area contributed by atoms with Crippen molar-refractivity contribution in [2.45, 2.75) is 19.9 Å². The van der Waals surface area contributed by atoms with E-state index in [0.29, 0.717) is 11.3 Å². The molecule has 0 aliphatic heterocycles. The number of aryl methyl sites for hydroxylation is 1. The molecule has 0 heterocycles. The SMILES string of the molecule is Cc1cc(F)cc(NC(C)c2ccc(F)c(F)c2)c1. The van der Waals surface area contributed by atoms with Gasteiger partial charge in [-0.25, -0.2) is 13.2 Å². The number of hydrogen-bond donors (Lipinski definition) is 1. The minimum absolute atomic E-state index is 0.253. The molecular weight excluding hydrogens is 251 g/mol. The van der Waals surface area contributed by atoms with E-state index in [1.165, 1.54) is 18.2 Å². The molecule has 1 N–H and O–H groups in total. The molecule has 2 aromatic rings. The first kappa shape index (κ1) is 13.5. The minimum atomic E-state index is -0.887. The lowest BCUT2D eigenvalue weighted by molar-refractivity contribution is 0.506. The third-order valence-corrected chi connectivity index (χ3v) is 2.87. The standard InChI is InChI=1S/C15H14F3N/c1-9-5-12(16)8-13(6-9)19-10(2)11-3-4-14(17)15(18)7-11/h3-8,10,19H,1-2H3. The predicted octanol–water partition coefficient (Wildman–Crippen LogP) is 4.59. The Morgan fingerprint density at radius 2 is 1.68 bits per heavy atom. The second-order valence-corrected chi connectivity index (χ2v) is 4.56. The summed E-state index contributed by atoms with van der Waals surface area (Å²) in [6, 6.07) is 8.05. The van der Waals surface area contributed by atoms with Crippen molar-refractivity contribution in [1.29, 1.82) is 0 Å². The molecule has 2 aromatic carbocycles. The van der Waals surface area contributed by atoms with Gasteiger partial charge in [-0.1, -0.05) is 6.07 Å². The molecule has 0 aliphatic carbocycles. The number of hydrogen-bond acceptors (Lipinski definition) is 1. The van der Waals surface area contributed by atoms with Crippen LogP contribution in [0.15, 0.2) is 36.4 Å². The summed E-state index contributed by atoms with van der Waals surface area (Å²) in [6.07, 6.45) is 0. The van der Waals surface area contributed by atoms with Crippen molar-refractivity contribution >= 4 is 5.69 Å². The fraction of sp³-hybridized carbons (Fsp3) is 0.200. The van der Waals surface area contributed by atoms with Gasteiger partial charge < -0.3 is 5.32 Å². The second-order valence-electron chi connectivity index (χ2n) is 4.56. The highest BCUT2D eigenvalue weighted by Crippen LogP contribution is 2.22. The number of anilines is 1. The summed E-state index contributed by atoms with van der Waals surface area (Å²) in [5.74, 6) is -2.10. The lowest BCUT2D eigenvalue weighted by Crippen LogP contribution is -2.07. The molecule has 0 aromatic heterocycles. The Hall–Kier alpha value is -1.97. The Morgan fingerprint density at radius 3 is 2.32 bits per heavy atom. The quantitative estimate of drug-likeness (QED) is 0.856. The predicted molar refractivity (Wildman–Crippen MR) is 69.5 cm³/mol. The number of rotatable bonds is 3. The molecule has 19 heavy (non-hydrogen) atoms. The van der Waals surface area contributed by atoms with Crippen LogP contribution in [-0.4, -0.2) is 0 Å². The number of halogens is 3. The van der Waals surface area contributed by atoms with E-state index in [2.05, 4.69) is 5.32 Å². The Labute approximate surface area is 110 Å². The van der Waals surface area contributed by atoms with Gasteiger partial charge in [-0.05, 0) is 55.3 Å². The molecule has 1 unspecified atom stereocenters. The largest absolute Gasteiger partial charge is 0.378 e. The summed E-state index contributed by atoms with van der Waals surface area (Å²) in [5.41, 5.74) is 2.00. The Bertz CT molecular complexity index is 576. The summed E-state index contributed by atoms with van der Waals surface area (Å²) >= 11 is 0. The summed E-state index contributed by atoms with van der Waals surface area (Å²) in [7, 11) is 0. The molecule has 0 aliphatic rings. The Balaban J connectivity index is 2.20. The minimum Gasteiger partial charge on any atom is -0.378 e. The average molecular weight is 265 g/mol. The lowest BCUT2D eigenvalue weighted by atomic mass is 10.1. The fourth-order valence-electron chi connectivity index (χ4n) is 1.93. The van der Waals surface area contributed by atoms with Crippen LogP contribution in [0, 0.1) is 24.4 Å². The molecule has 4 heteroatoms. The maximum absolute atomic E-state index is 13.2. The van der Waals surface area contributed by atoms with Crippen LogP contribution in [0.5, 0.6) is 0 Å². The molecule has 0 amide bonds. The van der Waals surface area contributed by atoms with Crippen molar-refractivity contribution in [1.82, 2.24) is 0 Å². The third kappa shape index (κ3) is 3.28. The van der Waals surface area contributed by atoms with Crippen LogP contribution in [0.2, 0.25) is 0 Å². The molecule has 1 nitrogen and oxygen atoms in total. The molecule has 0 radical (unpaired) electrons. The van der Waals surface area contributed by atoms with Crippen molar-refractivity contribution < 1.29 is 13.2 Å². The van der Waals surface area contributed by atoms with E-state index in [0.717, 1.165) is 17.7 Å². The van der Waals surface area contributed by atoms with Crippen LogP contribution in [0.4, 0.5) is 18.9 Å². The number of nitrogens with one attached hydrogen (secondary N) is 1. The van der Waals surface area contributed by atoms with Gasteiger partial charge in [-0.15, -0.1) is 0 Å². The molecule has 0 saturated heterocycles. The van der Waals surface area contributed by atoms with E-state index >= 15 is 0 Å². The van der Waals surface area contributed by atoms with Crippen LogP contribution in [-0.2, 0) is 0 Å². The van der Waals surface area contributed by atoms with Crippen LogP contribution < -0.4 is 5.32 Å². The number of benzene rings is 2. The van der Waals surface area contributed by atoms with Crippen molar-refractivity contribution in [3.8, 4) is 0 Å². The summed E-state index contributed by atoms with van der Waals surface area (Å²) in [5, 5.41) is 3.06. The van der Waals surface area contributed by atoms with Crippen molar-refractivity contribution in [3.05, 3.63) is 65.0 Å². The Kier molecular flexibility index (Phi) is 3.79. The topological polar surface area (TPSA) is 12.0 Å². The zero-order valence-electron chi connectivity index (χ0n) is 10.7. The molecule has 2 rings (SSSR count). The van der Waals surface area contributed by atoms with Crippen LogP contribution in [0.25, 0.3) is 0 Å². The Morgan fingerprint density at radius 1 is 0.947 bits per heavy atom. The zero-order valence-corrected chi connectivity index (χ0v) is 10.7. The van der Waals surface area contributed by atoms with E-state index in [9.17, 15) is 13.2 Å². The van der Waals surface area contributed by atoms with E-state index in [-0.39, 0.29) is 11.9 Å². The molecule has 1 atom stereocenters. The summed E-state index contributed by atoms with van der Waals surface area (Å²) in [6.45, 7) is 3.59. The fourth-order valence-corrected chi connectivity index (χ4v) is 1.93. The molecule has 100 valence electrons. The highest BCUT2D eigenvalue weighted by Gasteiger charge is 2.09. The first-order valence-electron chi connectivity index (χ1n) is 5.94. The molecular formula is C15H14F3N. The van der Waals surface area contributed by atoms with Crippen LogP contribution >= 0.6 is 0 Å². The molecule has 0 spiro atoms. The second kappa shape index (κ2) is 5.34. The maximum Gasteiger partial charge on any atom is 0.159 e. The van der Waals surface area contributed by atoms with Gasteiger partial charge in [0.25, 0.3) is 0 Å². The highest BCUT2D eigenvalue weighted by atomic mass is 19.2. The molecule has 0 bridgehead atoms. The van der Waals surface area contributed by atoms with Gasteiger partial charge in [0.2, 0.25) is 0 Å². The van der Waals surface area contributed by atoms with Crippen LogP contribution in [0.3, 0.4) is 0 Å². The third-order valence-electron chi connectivity index (χ3n) is 2.87. The zero-order chi connectivity index (χ0) is 14.0. The van der Waals surface area contributed by atoms with Gasteiger partial charge in [0, 0.05) is 11.7 Å². The monoisotopic (exact) mass is 265 g/mol. The average Bonchev–Trinajstić information content (AvgIpc) is 2.31. The maximum atomic E-state index is 13.2. The van der Waals surface area contributed by atoms with Gasteiger partial charge in [-0.2, -0.15) is 0 Å². The van der Waals surface area contributed by atoms with Crippen molar-refractivity contribution in [2.75, 3.05) is 5.32 Å². The van der Waals surface area contributed by atoms with Crippen molar-refractivity contribution in [2.24, 2.45) is 0 Å². The van der Waals surface area contributed by atoms with Crippen molar-refractivity contribution in [3.63, 3.8) is 0 Å². The molecule has 0 saturated carbocycles. The van der Waals surface area contributed by atoms with Gasteiger partial charge in [0.15, 0.2) is 11.6 Å². The molecule has 0 fully saturated rings. The van der Waals surface area contributed by atoms with Gasteiger partial charge in [0.05, 0.1) is 0 Å². The summed E-state index contributed by atoms with van der Waals surface area (Å²) < 4.78 is 39.2. The normalized spacial score (nSPS) is 12.3. The smallest absolute Gasteiger partial charge is 0.159 e. The van der Waals surface area contributed by atoms with E-state index in [1.807, 2.05) is 0 Å². The lowest BCUT2D eigenvalue weighted by Gasteiger charge is -2.16. The summed E-state index contributed by atoms with van der Waals surface area (Å²) in [4.78, 5) is 0. The van der Waals surface area contributed by atoms with Gasteiger partial charge >= 0.3 is 0 Å². The van der Waals surface area contributed by atoms with E-state index in [4.69, 9.17) is 0 Å². The first-order chi connectivity index (χ1) is 8.95. The first-order valence-corrected chi connectivity index (χ1v) is 5.94. The van der Waals surface area contributed by atoms with E-state index < -0.39 is 11.6 Å².